The maximum atomic E-state index is 6.78. The fraction of sp³-hybridized carbons (Fsp3) is 0.824. The van der Waals surface area contributed by atoms with Crippen LogP contribution >= 0.6 is 12.4 Å². The van der Waals surface area contributed by atoms with Gasteiger partial charge in [-0.15, -0.1) is 12.4 Å². The van der Waals surface area contributed by atoms with Crippen molar-refractivity contribution in [3.63, 3.8) is 0 Å². The molecule has 0 aromatic carbocycles. The van der Waals surface area contributed by atoms with Gasteiger partial charge >= 0.3 is 0 Å². The third-order valence-electron chi connectivity index (χ3n) is 5.69. The first kappa shape index (κ1) is 18.9. The van der Waals surface area contributed by atoms with E-state index in [1.54, 1.807) is 0 Å². The van der Waals surface area contributed by atoms with E-state index < -0.39 is 8.32 Å². The average Bonchev–Trinajstić information content (AvgIpc) is 2.34. The molecule has 0 fully saturated rings. The molecule has 2 atom stereocenters. The van der Waals surface area contributed by atoms with Crippen LogP contribution in [-0.4, -0.2) is 26.7 Å². The van der Waals surface area contributed by atoms with Gasteiger partial charge in [0.1, 0.15) is 0 Å². The van der Waals surface area contributed by atoms with Crippen molar-refractivity contribution in [2.75, 3.05) is 6.54 Å². The van der Waals surface area contributed by atoms with Gasteiger partial charge in [0.2, 0.25) is 0 Å². The van der Waals surface area contributed by atoms with Gasteiger partial charge in [-0.25, -0.2) is 0 Å². The molecule has 0 amide bonds. The first-order chi connectivity index (χ1) is 9.19. The zero-order chi connectivity index (χ0) is 15.0. The molecular formula is C17H32ClNOSi. The number of rotatable bonds is 2. The van der Waals surface area contributed by atoms with Crippen molar-refractivity contribution in [2.45, 2.75) is 77.6 Å². The summed E-state index contributed by atoms with van der Waals surface area (Å²) >= 11 is 0. The highest BCUT2D eigenvalue weighted by atomic mass is 35.5. The first-order valence-electron chi connectivity index (χ1n) is 8.05. The minimum Gasteiger partial charge on any atom is -0.410 e. The minimum absolute atomic E-state index is 0. The Morgan fingerprint density at radius 2 is 1.95 bits per heavy atom. The molecule has 21 heavy (non-hydrogen) atoms. The van der Waals surface area contributed by atoms with E-state index in [9.17, 15) is 0 Å². The van der Waals surface area contributed by atoms with Crippen molar-refractivity contribution >= 4 is 26.4 Å². The summed E-state index contributed by atoms with van der Waals surface area (Å²) in [6.07, 6.45) is 9.71. The SMILES string of the molecule is CC1=NCCC[C@@]12CCC=C[C@@H]2O[Si](C)(C)C(C)(C)C.Cl. The van der Waals surface area contributed by atoms with E-state index >= 15 is 0 Å². The number of hydrogen-bond acceptors (Lipinski definition) is 2. The van der Waals surface area contributed by atoms with Crippen LogP contribution in [0.2, 0.25) is 18.1 Å². The van der Waals surface area contributed by atoms with Gasteiger partial charge in [-0.05, 0) is 50.7 Å². The molecule has 0 saturated carbocycles. The van der Waals surface area contributed by atoms with Gasteiger partial charge in [0, 0.05) is 17.7 Å². The lowest BCUT2D eigenvalue weighted by Crippen LogP contribution is -2.52. The lowest BCUT2D eigenvalue weighted by atomic mass is 9.67. The van der Waals surface area contributed by atoms with E-state index in [2.05, 4.69) is 52.9 Å². The number of hydrogen-bond donors (Lipinski definition) is 0. The second kappa shape index (κ2) is 6.55. The minimum atomic E-state index is -1.74. The summed E-state index contributed by atoms with van der Waals surface area (Å²) in [6, 6.07) is 0. The molecule has 2 nitrogen and oxygen atoms in total. The maximum Gasteiger partial charge on any atom is 0.192 e. The molecule has 0 aromatic heterocycles. The Bertz CT molecular complexity index is 425. The molecule has 4 heteroatoms. The molecule has 0 N–H and O–H groups in total. The standard InChI is InChI=1S/C17H31NOSi.ClH/c1-14-17(12-9-13-18-14)11-8-7-10-15(17)19-20(5,6)16(2,3)4;/h7,10,15H,8-9,11-13H2,1-6H3;1H/t15-,17-;/m0./s1. The molecule has 1 aliphatic heterocycles. The fourth-order valence-electron chi connectivity index (χ4n) is 3.17. The molecule has 0 bridgehead atoms. The van der Waals surface area contributed by atoms with Crippen molar-refractivity contribution < 1.29 is 4.43 Å². The molecule has 2 rings (SSSR count). The van der Waals surface area contributed by atoms with Gasteiger partial charge in [-0.1, -0.05) is 32.9 Å². The van der Waals surface area contributed by atoms with E-state index in [-0.39, 0.29) is 29.0 Å². The Balaban J connectivity index is 0.00000220. The lowest BCUT2D eigenvalue weighted by molar-refractivity contribution is 0.0963. The van der Waals surface area contributed by atoms with Gasteiger partial charge in [0.25, 0.3) is 0 Å². The zero-order valence-corrected chi connectivity index (χ0v) is 16.3. The van der Waals surface area contributed by atoms with Crippen LogP contribution < -0.4 is 0 Å². The van der Waals surface area contributed by atoms with E-state index in [0.717, 1.165) is 6.54 Å². The van der Waals surface area contributed by atoms with Crippen LogP contribution in [0.4, 0.5) is 0 Å². The van der Waals surface area contributed by atoms with Gasteiger partial charge in [0.15, 0.2) is 8.32 Å². The van der Waals surface area contributed by atoms with Crippen LogP contribution in [0.15, 0.2) is 17.1 Å². The maximum absolute atomic E-state index is 6.78. The van der Waals surface area contributed by atoms with Gasteiger partial charge in [-0.2, -0.15) is 0 Å². The normalized spacial score (nSPS) is 30.0. The Hall–Kier alpha value is -0.123. The van der Waals surface area contributed by atoms with Crippen LogP contribution in [0.25, 0.3) is 0 Å². The third-order valence-corrected chi connectivity index (χ3v) is 10.1. The third kappa shape index (κ3) is 3.62. The summed E-state index contributed by atoms with van der Waals surface area (Å²) in [7, 11) is -1.74. The summed E-state index contributed by atoms with van der Waals surface area (Å²) < 4.78 is 6.78. The van der Waals surface area contributed by atoms with E-state index in [0.29, 0.717) is 0 Å². The predicted octanol–water partition coefficient (Wildman–Crippen LogP) is 5.39. The van der Waals surface area contributed by atoms with Crippen molar-refractivity contribution in [3.8, 4) is 0 Å². The van der Waals surface area contributed by atoms with Gasteiger partial charge < -0.3 is 4.43 Å². The van der Waals surface area contributed by atoms with Crippen LogP contribution in [0.3, 0.4) is 0 Å². The molecule has 2 aliphatic rings. The molecule has 0 radical (unpaired) electrons. The Morgan fingerprint density at radius 3 is 2.52 bits per heavy atom. The van der Waals surface area contributed by atoms with Gasteiger partial charge in [0.05, 0.1) is 6.10 Å². The molecule has 1 heterocycles. The second-order valence-electron chi connectivity index (χ2n) is 7.99. The first-order valence-corrected chi connectivity index (χ1v) is 11.0. The van der Waals surface area contributed by atoms with Crippen LogP contribution in [0.5, 0.6) is 0 Å². The molecule has 1 spiro atoms. The summed E-state index contributed by atoms with van der Waals surface area (Å²) in [4.78, 5) is 4.77. The lowest BCUT2D eigenvalue weighted by Gasteiger charge is -2.48. The number of nitrogens with zero attached hydrogens (tertiary/aromatic N) is 1. The van der Waals surface area contributed by atoms with Crippen molar-refractivity contribution in [2.24, 2.45) is 10.4 Å². The van der Waals surface area contributed by atoms with E-state index in [1.165, 1.54) is 31.4 Å². The van der Waals surface area contributed by atoms with Crippen LogP contribution in [0.1, 0.15) is 53.4 Å². The largest absolute Gasteiger partial charge is 0.410 e. The smallest absolute Gasteiger partial charge is 0.192 e. The Kier molecular flexibility index (Phi) is 5.91. The van der Waals surface area contributed by atoms with Gasteiger partial charge in [-0.3, -0.25) is 4.99 Å². The molecule has 0 aromatic rings. The summed E-state index contributed by atoms with van der Waals surface area (Å²) in [5.74, 6) is 0. The molecule has 122 valence electrons. The predicted molar refractivity (Wildman–Crippen MR) is 97.3 cm³/mol. The van der Waals surface area contributed by atoms with Crippen molar-refractivity contribution in [3.05, 3.63) is 12.2 Å². The second-order valence-corrected chi connectivity index (χ2v) is 12.7. The Labute approximate surface area is 138 Å². The monoisotopic (exact) mass is 329 g/mol. The van der Waals surface area contributed by atoms with Crippen molar-refractivity contribution in [1.82, 2.24) is 0 Å². The number of aliphatic imine (C=N–C) groups is 1. The Morgan fingerprint density at radius 1 is 1.29 bits per heavy atom. The summed E-state index contributed by atoms with van der Waals surface area (Å²) in [5.41, 5.74) is 1.51. The van der Waals surface area contributed by atoms with E-state index in [1.807, 2.05) is 0 Å². The molecule has 0 saturated heterocycles. The number of halogens is 1. The molecular weight excluding hydrogens is 298 g/mol. The molecule has 0 unspecified atom stereocenters. The highest BCUT2D eigenvalue weighted by Crippen LogP contribution is 2.46. The topological polar surface area (TPSA) is 21.6 Å². The summed E-state index contributed by atoms with van der Waals surface area (Å²) in [6.45, 7) is 14.9. The van der Waals surface area contributed by atoms with Crippen molar-refractivity contribution in [1.29, 1.82) is 0 Å². The molecule has 1 aliphatic carbocycles. The highest BCUT2D eigenvalue weighted by Gasteiger charge is 2.47. The van der Waals surface area contributed by atoms with E-state index in [4.69, 9.17) is 9.42 Å². The van der Waals surface area contributed by atoms with Crippen LogP contribution in [-0.2, 0) is 4.43 Å². The van der Waals surface area contributed by atoms with Crippen LogP contribution in [0, 0.1) is 5.41 Å². The highest BCUT2D eigenvalue weighted by molar-refractivity contribution is 6.74. The average molecular weight is 330 g/mol. The summed E-state index contributed by atoms with van der Waals surface area (Å²) in [5, 5.41) is 0.263. The zero-order valence-electron chi connectivity index (χ0n) is 14.5. The fourth-order valence-corrected chi connectivity index (χ4v) is 4.46. The quantitative estimate of drug-likeness (QED) is 0.491. The number of allylic oxidation sites excluding steroid dienone is 1.